The molecule has 102 valence electrons. The van der Waals surface area contributed by atoms with Crippen LogP contribution in [0.2, 0.25) is 0 Å². The van der Waals surface area contributed by atoms with Crippen LogP contribution in [-0.4, -0.2) is 22.0 Å². The third-order valence-electron chi connectivity index (χ3n) is 3.80. The maximum absolute atomic E-state index is 12.1. The van der Waals surface area contributed by atoms with E-state index >= 15 is 0 Å². The fourth-order valence-electron chi connectivity index (χ4n) is 2.50. The van der Waals surface area contributed by atoms with Crippen LogP contribution in [0.25, 0.3) is 10.9 Å². The lowest BCUT2D eigenvalue weighted by Gasteiger charge is -2.31. The van der Waals surface area contributed by atoms with Gasteiger partial charge in [0.15, 0.2) is 0 Å². The van der Waals surface area contributed by atoms with Crippen molar-refractivity contribution in [2.45, 2.75) is 12.8 Å². The van der Waals surface area contributed by atoms with Gasteiger partial charge in [-0.05, 0) is 37.1 Å². The van der Waals surface area contributed by atoms with Crippen molar-refractivity contribution >= 4 is 28.5 Å². The summed E-state index contributed by atoms with van der Waals surface area (Å²) in [4.78, 5) is 27.2. The highest BCUT2D eigenvalue weighted by molar-refractivity contribution is 5.97. The van der Waals surface area contributed by atoms with Gasteiger partial charge in [-0.25, -0.2) is 0 Å². The van der Waals surface area contributed by atoms with Crippen molar-refractivity contribution in [3.8, 4) is 0 Å². The molecule has 1 saturated carbocycles. The predicted molar refractivity (Wildman–Crippen MR) is 74.2 cm³/mol. The quantitative estimate of drug-likeness (QED) is 0.896. The van der Waals surface area contributed by atoms with Gasteiger partial charge in [0.25, 0.3) is 0 Å². The van der Waals surface area contributed by atoms with Crippen molar-refractivity contribution in [1.82, 2.24) is 4.98 Å². The SMILES string of the molecule is O=C(O)C1CCC1C(=O)Nc1ccc2ncccc2c1. The van der Waals surface area contributed by atoms with Gasteiger partial charge in [0.2, 0.25) is 5.91 Å². The first-order valence-corrected chi connectivity index (χ1v) is 6.53. The minimum absolute atomic E-state index is 0.216. The molecular weight excluding hydrogens is 256 g/mol. The fourth-order valence-corrected chi connectivity index (χ4v) is 2.50. The lowest BCUT2D eigenvalue weighted by molar-refractivity contribution is -0.151. The van der Waals surface area contributed by atoms with Crippen LogP contribution in [0, 0.1) is 11.8 Å². The number of amides is 1. The summed E-state index contributed by atoms with van der Waals surface area (Å²) in [7, 11) is 0. The number of pyridine rings is 1. The standard InChI is InChI=1S/C15H14N2O3/c18-14(11-4-5-12(11)15(19)20)17-10-3-6-13-9(8-10)2-1-7-16-13/h1-3,6-8,11-12H,4-5H2,(H,17,18)(H,19,20). The molecule has 1 aliphatic carbocycles. The van der Waals surface area contributed by atoms with E-state index in [2.05, 4.69) is 10.3 Å². The van der Waals surface area contributed by atoms with Crippen LogP contribution in [0.15, 0.2) is 36.5 Å². The number of rotatable bonds is 3. The molecule has 2 N–H and O–H groups in total. The Kier molecular flexibility index (Phi) is 3.10. The number of carboxylic acids is 1. The summed E-state index contributed by atoms with van der Waals surface area (Å²) in [6.07, 6.45) is 2.93. The fraction of sp³-hybridized carbons (Fsp3) is 0.267. The molecule has 0 bridgehead atoms. The summed E-state index contributed by atoms with van der Waals surface area (Å²) in [6.45, 7) is 0. The van der Waals surface area contributed by atoms with Gasteiger partial charge in [-0.1, -0.05) is 6.07 Å². The molecule has 2 unspecified atom stereocenters. The predicted octanol–water partition coefficient (Wildman–Crippen LogP) is 2.28. The molecule has 20 heavy (non-hydrogen) atoms. The number of nitrogens with one attached hydrogen (secondary N) is 1. The van der Waals surface area contributed by atoms with E-state index in [1.54, 1.807) is 12.3 Å². The van der Waals surface area contributed by atoms with E-state index in [4.69, 9.17) is 5.11 Å². The van der Waals surface area contributed by atoms with E-state index < -0.39 is 17.8 Å². The van der Waals surface area contributed by atoms with E-state index in [1.807, 2.05) is 24.3 Å². The van der Waals surface area contributed by atoms with Crippen molar-refractivity contribution in [1.29, 1.82) is 0 Å². The molecule has 5 nitrogen and oxygen atoms in total. The second kappa shape index (κ2) is 4.92. The normalized spacial score (nSPS) is 21.2. The Hall–Kier alpha value is -2.43. The van der Waals surface area contributed by atoms with Crippen molar-refractivity contribution in [3.63, 3.8) is 0 Å². The van der Waals surface area contributed by atoms with Gasteiger partial charge in [0.05, 0.1) is 17.4 Å². The number of aliphatic carboxylic acids is 1. The van der Waals surface area contributed by atoms with Gasteiger partial charge in [-0.3, -0.25) is 14.6 Å². The van der Waals surface area contributed by atoms with Crippen LogP contribution in [0.1, 0.15) is 12.8 Å². The Morgan fingerprint density at radius 2 is 2.00 bits per heavy atom. The third-order valence-corrected chi connectivity index (χ3v) is 3.80. The number of nitrogens with zero attached hydrogens (tertiary/aromatic N) is 1. The summed E-state index contributed by atoms with van der Waals surface area (Å²) >= 11 is 0. The molecule has 0 spiro atoms. The molecule has 1 fully saturated rings. The number of carboxylic acid groups (broad SMARTS) is 1. The molecule has 2 atom stereocenters. The highest BCUT2D eigenvalue weighted by atomic mass is 16.4. The summed E-state index contributed by atoms with van der Waals surface area (Å²) in [5, 5.41) is 12.7. The molecule has 2 aromatic rings. The molecule has 0 saturated heterocycles. The minimum Gasteiger partial charge on any atom is -0.481 e. The zero-order chi connectivity index (χ0) is 14.1. The van der Waals surface area contributed by atoms with Crippen LogP contribution >= 0.6 is 0 Å². The number of benzene rings is 1. The number of hydrogen-bond acceptors (Lipinski definition) is 3. The second-order valence-electron chi connectivity index (χ2n) is 5.03. The number of fused-ring (bicyclic) bond motifs is 1. The van der Waals surface area contributed by atoms with E-state index in [0.717, 1.165) is 10.9 Å². The van der Waals surface area contributed by atoms with Crippen LogP contribution in [0.3, 0.4) is 0 Å². The van der Waals surface area contributed by atoms with E-state index in [9.17, 15) is 9.59 Å². The molecule has 0 aliphatic heterocycles. The first-order valence-electron chi connectivity index (χ1n) is 6.53. The van der Waals surface area contributed by atoms with Gasteiger partial charge < -0.3 is 10.4 Å². The second-order valence-corrected chi connectivity index (χ2v) is 5.03. The molecule has 1 aromatic heterocycles. The number of carbonyl (C=O) groups is 2. The summed E-state index contributed by atoms with van der Waals surface area (Å²) in [5.74, 6) is -2.07. The van der Waals surface area contributed by atoms with Gasteiger partial charge in [0.1, 0.15) is 0 Å². The summed E-state index contributed by atoms with van der Waals surface area (Å²) in [6, 6.07) is 9.21. The number of hydrogen-bond donors (Lipinski definition) is 2. The van der Waals surface area contributed by atoms with Crippen molar-refractivity contribution in [2.24, 2.45) is 11.8 Å². The Morgan fingerprint density at radius 1 is 1.20 bits per heavy atom. The smallest absolute Gasteiger partial charge is 0.307 e. The molecule has 1 aromatic carbocycles. The van der Waals surface area contributed by atoms with Crippen molar-refractivity contribution < 1.29 is 14.7 Å². The largest absolute Gasteiger partial charge is 0.481 e. The lowest BCUT2D eigenvalue weighted by atomic mass is 9.73. The highest BCUT2D eigenvalue weighted by Crippen LogP contribution is 2.35. The Balaban J connectivity index is 1.76. The zero-order valence-corrected chi connectivity index (χ0v) is 10.7. The molecule has 0 radical (unpaired) electrons. The highest BCUT2D eigenvalue weighted by Gasteiger charge is 2.41. The molecular formula is C15H14N2O3. The van der Waals surface area contributed by atoms with E-state index in [0.29, 0.717) is 18.5 Å². The lowest BCUT2D eigenvalue weighted by Crippen LogP contribution is -2.41. The average Bonchev–Trinajstić information content (AvgIpc) is 2.36. The van der Waals surface area contributed by atoms with Crippen molar-refractivity contribution in [2.75, 3.05) is 5.32 Å². The Morgan fingerprint density at radius 3 is 2.70 bits per heavy atom. The number of aromatic nitrogens is 1. The number of carbonyl (C=O) groups excluding carboxylic acids is 1. The third kappa shape index (κ3) is 2.22. The molecule has 1 aliphatic rings. The molecule has 1 heterocycles. The Bertz CT molecular complexity index is 684. The summed E-state index contributed by atoms with van der Waals surface area (Å²) in [5.41, 5.74) is 1.53. The topological polar surface area (TPSA) is 79.3 Å². The van der Waals surface area contributed by atoms with Crippen LogP contribution in [-0.2, 0) is 9.59 Å². The maximum atomic E-state index is 12.1. The van der Waals surface area contributed by atoms with E-state index in [1.165, 1.54) is 0 Å². The van der Waals surface area contributed by atoms with Gasteiger partial charge in [0, 0.05) is 17.3 Å². The molecule has 3 rings (SSSR count). The van der Waals surface area contributed by atoms with Crippen LogP contribution in [0.5, 0.6) is 0 Å². The van der Waals surface area contributed by atoms with Gasteiger partial charge in [-0.2, -0.15) is 0 Å². The number of anilines is 1. The maximum Gasteiger partial charge on any atom is 0.307 e. The van der Waals surface area contributed by atoms with Crippen molar-refractivity contribution in [3.05, 3.63) is 36.5 Å². The first kappa shape index (κ1) is 12.6. The minimum atomic E-state index is -0.890. The first-order chi connectivity index (χ1) is 9.65. The van der Waals surface area contributed by atoms with E-state index in [-0.39, 0.29) is 5.91 Å². The van der Waals surface area contributed by atoms with Crippen LogP contribution < -0.4 is 5.32 Å². The van der Waals surface area contributed by atoms with Gasteiger partial charge >= 0.3 is 5.97 Å². The average molecular weight is 270 g/mol. The van der Waals surface area contributed by atoms with Gasteiger partial charge in [-0.15, -0.1) is 0 Å². The molecule has 1 amide bonds. The zero-order valence-electron chi connectivity index (χ0n) is 10.7. The molecule has 5 heteroatoms. The Labute approximate surface area is 115 Å². The monoisotopic (exact) mass is 270 g/mol. The van der Waals surface area contributed by atoms with Crippen LogP contribution in [0.4, 0.5) is 5.69 Å². The summed E-state index contributed by atoms with van der Waals surface area (Å²) < 4.78 is 0.